The number of nitrogens with zero attached hydrogens (tertiary/aromatic N) is 3. The summed E-state index contributed by atoms with van der Waals surface area (Å²) in [6.45, 7) is 7.67. The second-order valence-electron chi connectivity index (χ2n) is 5.32. The lowest BCUT2D eigenvalue weighted by molar-refractivity contribution is 0.618. The smallest absolute Gasteiger partial charge is 0.129 e. The predicted octanol–water partition coefficient (Wildman–Crippen LogP) is 3.53. The van der Waals surface area contributed by atoms with Crippen molar-refractivity contribution in [2.24, 2.45) is 7.05 Å². The van der Waals surface area contributed by atoms with Crippen LogP contribution < -0.4 is 5.32 Å². The van der Waals surface area contributed by atoms with Gasteiger partial charge in [0.1, 0.15) is 5.82 Å². The molecule has 21 heavy (non-hydrogen) atoms. The number of rotatable bonds is 3. The van der Waals surface area contributed by atoms with E-state index in [1.165, 1.54) is 6.07 Å². The predicted molar refractivity (Wildman–Crippen MR) is 80.6 cm³/mol. The van der Waals surface area contributed by atoms with Gasteiger partial charge >= 0.3 is 0 Å². The number of aromatic nitrogens is 2. The van der Waals surface area contributed by atoms with Gasteiger partial charge in [0.15, 0.2) is 0 Å². The molecule has 0 fully saturated rings. The Hall–Kier alpha value is -2.35. The fraction of sp³-hybridized carbons (Fsp3) is 0.375. The Balaban J connectivity index is 2.38. The van der Waals surface area contributed by atoms with Crippen molar-refractivity contribution >= 4 is 5.69 Å². The van der Waals surface area contributed by atoms with Crippen molar-refractivity contribution in [2.45, 2.75) is 33.7 Å². The fourth-order valence-electron chi connectivity index (χ4n) is 2.62. The summed E-state index contributed by atoms with van der Waals surface area (Å²) >= 11 is 0. The monoisotopic (exact) mass is 286 g/mol. The van der Waals surface area contributed by atoms with Gasteiger partial charge in [-0.05, 0) is 39.8 Å². The first-order chi connectivity index (χ1) is 9.85. The summed E-state index contributed by atoms with van der Waals surface area (Å²) in [7, 11) is 1.90. The number of anilines is 1. The quantitative estimate of drug-likeness (QED) is 0.939. The third-order valence-corrected chi connectivity index (χ3v) is 3.84. The van der Waals surface area contributed by atoms with E-state index in [1.807, 2.05) is 38.6 Å². The molecule has 2 aromatic rings. The zero-order valence-electron chi connectivity index (χ0n) is 13.0. The molecule has 2 rings (SSSR count). The van der Waals surface area contributed by atoms with Gasteiger partial charge < -0.3 is 5.32 Å². The molecule has 1 unspecified atom stereocenters. The van der Waals surface area contributed by atoms with E-state index < -0.39 is 0 Å². The summed E-state index contributed by atoms with van der Waals surface area (Å²) in [5.41, 5.74) is 4.58. The maximum absolute atomic E-state index is 13.8. The van der Waals surface area contributed by atoms with E-state index in [-0.39, 0.29) is 11.9 Å². The molecular weight excluding hydrogens is 267 g/mol. The average Bonchev–Trinajstić information content (AvgIpc) is 2.68. The molecule has 1 aromatic carbocycles. The van der Waals surface area contributed by atoms with Crippen LogP contribution in [0.5, 0.6) is 0 Å². The van der Waals surface area contributed by atoms with Crippen LogP contribution in [-0.2, 0) is 7.05 Å². The summed E-state index contributed by atoms with van der Waals surface area (Å²) in [5.74, 6) is -0.372. The van der Waals surface area contributed by atoms with Crippen molar-refractivity contribution in [2.75, 3.05) is 5.32 Å². The van der Waals surface area contributed by atoms with E-state index in [0.717, 1.165) is 17.0 Å². The van der Waals surface area contributed by atoms with Gasteiger partial charge in [-0.25, -0.2) is 4.39 Å². The minimum Gasteiger partial charge on any atom is -0.378 e. The standard InChI is InChI=1S/C16H19FN4/c1-9-14(17)6-13(8-18)7-15(9)19-10(2)16-11(3)20-21(5)12(16)4/h6-7,10,19H,1-5H3. The third kappa shape index (κ3) is 2.75. The van der Waals surface area contributed by atoms with Gasteiger partial charge in [-0.2, -0.15) is 10.4 Å². The first-order valence-corrected chi connectivity index (χ1v) is 6.82. The molecule has 1 aromatic heterocycles. The van der Waals surface area contributed by atoms with E-state index in [1.54, 1.807) is 13.0 Å². The number of hydrogen-bond donors (Lipinski definition) is 1. The molecule has 1 heterocycles. The van der Waals surface area contributed by atoms with Gasteiger partial charge in [-0.15, -0.1) is 0 Å². The topological polar surface area (TPSA) is 53.6 Å². The minimum absolute atomic E-state index is 0.0225. The van der Waals surface area contributed by atoms with Crippen LogP contribution in [0.2, 0.25) is 0 Å². The normalized spacial score (nSPS) is 12.0. The third-order valence-electron chi connectivity index (χ3n) is 3.84. The number of aryl methyl sites for hydroxylation is 2. The zero-order chi connectivity index (χ0) is 15.7. The summed E-state index contributed by atoms with van der Waals surface area (Å²) < 4.78 is 15.7. The van der Waals surface area contributed by atoms with Crippen LogP contribution in [0, 0.1) is 37.9 Å². The number of benzene rings is 1. The van der Waals surface area contributed by atoms with Crippen molar-refractivity contribution in [3.05, 3.63) is 46.0 Å². The number of hydrogen-bond acceptors (Lipinski definition) is 3. The molecule has 1 N–H and O–H groups in total. The fourth-order valence-corrected chi connectivity index (χ4v) is 2.62. The van der Waals surface area contributed by atoms with Gasteiger partial charge in [-0.3, -0.25) is 4.68 Å². The highest BCUT2D eigenvalue weighted by atomic mass is 19.1. The van der Waals surface area contributed by atoms with Gasteiger partial charge in [0, 0.05) is 29.6 Å². The van der Waals surface area contributed by atoms with Crippen molar-refractivity contribution in [3.8, 4) is 6.07 Å². The molecule has 110 valence electrons. The van der Waals surface area contributed by atoms with Gasteiger partial charge in [0.05, 0.1) is 23.4 Å². The summed E-state index contributed by atoms with van der Waals surface area (Å²) in [4.78, 5) is 0. The molecule has 0 amide bonds. The summed E-state index contributed by atoms with van der Waals surface area (Å²) in [6, 6.07) is 4.89. The van der Waals surface area contributed by atoms with Crippen LogP contribution in [0.25, 0.3) is 0 Å². The van der Waals surface area contributed by atoms with E-state index in [9.17, 15) is 4.39 Å². The van der Waals surface area contributed by atoms with Crippen LogP contribution in [0.4, 0.5) is 10.1 Å². The molecule has 1 atom stereocenters. The lowest BCUT2D eigenvalue weighted by atomic mass is 10.0. The second kappa shape index (κ2) is 5.57. The Morgan fingerprint density at radius 3 is 2.52 bits per heavy atom. The lowest BCUT2D eigenvalue weighted by Gasteiger charge is -2.18. The number of nitriles is 1. The minimum atomic E-state index is -0.372. The molecule has 0 saturated carbocycles. The highest BCUT2D eigenvalue weighted by molar-refractivity contribution is 5.57. The van der Waals surface area contributed by atoms with Crippen molar-refractivity contribution in [1.29, 1.82) is 5.26 Å². The van der Waals surface area contributed by atoms with E-state index in [2.05, 4.69) is 10.4 Å². The first kappa shape index (κ1) is 15.0. The summed E-state index contributed by atoms with van der Waals surface area (Å²) in [6.07, 6.45) is 0. The molecule has 0 aliphatic heterocycles. The number of halogens is 1. The summed E-state index contributed by atoms with van der Waals surface area (Å²) in [5, 5.41) is 16.7. The molecule has 4 nitrogen and oxygen atoms in total. The highest BCUT2D eigenvalue weighted by Crippen LogP contribution is 2.28. The first-order valence-electron chi connectivity index (χ1n) is 6.82. The van der Waals surface area contributed by atoms with Crippen molar-refractivity contribution in [3.63, 3.8) is 0 Å². The van der Waals surface area contributed by atoms with Crippen molar-refractivity contribution in [1.82, 2.24) is 9.78 Å². The maximum atomic E-state index is 13.8. The molecule has 0 spiro atoms. The Labute approximate surface area is 124 Å². The van der Waals surface area contributed by atoms with Crippen molar-refractivity contribution < 1.29 is 4.39 Å². The molecule has 0 aliphatic carbocycles. The van der Waals surface area contributed by atoms with Gasteiger partial charge in [0.25, 0.3) is 0 Å². The Morgan fingerprint density at radius 2 is 2.00 bits per heavy atom. The van der Waals surface area contributed by atoms with Crippen LogP contribution in [0.3, 0.4) is 0 Å². The van der Waals surface area contributed by atoms with E-state index in [4.69, 9.17) is 5.26 Å². The van der Waals surface area contributed by atoms with Gasteiger partial charge in [0.2, 0.25) is 0 Å². The molecule has 5 heteroatoms. The van der Waals surface area contributed by atoms with E-state index in [0.29, 0.717) is 16.8 Å². The van der Waals surface area contributed by atoms with Crippen LogP contribution in [0.15, 0.2) is 12.1 Å². The largest absolute Gasteiger partial charge is 0.378 e. The zero-order valence-corrected chi connectivity index (χ0v) is 13.0. The van der Waals surface area contributed by atoms with Crippen LogP contribution in [0.1, 0.15) is 41.0 Å². The van der Waals surface area contributed by atoms with Gasteiger partial charge in [-0.1, -0.05) is 0 Å². The second-order valence-corrected chi connectivity index (χ2v) is 5.32. The maximum Gasteiger partial charge on any atom is 0.129 e. The Morgan fingerprint density at radius 1 is 1.33 bits per heavy atom. The van der Waals surface area contributed by atoms with E-state index >= 15 is 0 Å². The molecule has 0 radical (unpaired) electrons. The average molecular weight is 286 g/mol. The number of nitrogens with one attached hydrogen (secondary N) is 1. The lowest BCUT2D eigenvalue weighted by Crippen LogP contribution is -2.10. The highest BCUT2D eigenvalue weighted by Gasteiger charge is 2.17. The molecule has 0 bridgehead atoms. The Bertz CT molecular complexity index is 725. The van der Waals surface area contributed by atoms with Crippen LogP contribution in [-0.4, -0.2) is 9.78 Å². The molecular formula is C16H19FN4. The SMILES string of the molecule is Cc1nn(C)c(C)c1C(C)Nc1cc(C#N)cc(F)c1C. The molecule has 0 aliphatic rings. The van der Waals surface area contributed by atoms with Crippen LogP contribution >= 0.6 is 0 Å². The molecule has 0 saturated heterocycles. The Kier molecular flexibility index (Phi) is 3.99.